The highest BCUT2D eigenvalue weighted by Gasteiger charge is 2.28. The summed E-state index contributed by atoms with van der Waals surface area (Å²) in [6.07, 6.45) is -0.899. The van der Waals surface area contributed by atoms with Crippen molar-refractivity contribution in [3.63, 3.8) is 0 Å². The number of phenols is 1. The molecule has 29 heavy (non-hydrogen) atoms. The minimum Gasteiger partial charge on any atom is -0.507 e. The average molecular weight is 427 g/mol. The van der Waals surface area contributed by atoms with E-state index in [2.05, 4.69) is 5.32 Å². The molecular weight excluding hydrogens is 402 g/mol. The van der Waals surface area contributed by atoms with E-state index >= 15 is 0 Å². The van der Waals surface area contributed by atoms with E-state index in [1.165, 1.54) is 32.0 Å². The molecule has 0 bridgehead atoms. The van der Waals surface area contributed by atoms with Crippen molar-refractivity contribution in [1.82, 2.24) is 5.32 Å². The number of esters is 2. The van der Waals surface area contributed by atoms with Crippen LogP contribution in [0.5, 0.6) is 11.5 Å². The highest BCUT2D eigenvalue weighted by Crippen LogP contribution is 2.36. The van der Waals surface area contributed by atoms with E-state index in [9.17, 15) is 24.6 Å². The highest BCUT2D eigenvalue weighted by atomic mass is 32.2. The average Bonchev–Trinajstić information content (AvgIpc) is 2.71. The van der Waals surface area contributed by atoms with Gasteiger partial charge in [-0.1, -0.05) is 0 Å². The van der Waals surface area contributed by atoms with Crippen LogP contribution >= 0.6 is 11.8 Å². The van der Waals surface area contributed by atoms with E-state index in [0.717, 1.165) is 0 Å². The number of hydrogen-bond donors (Lipinski definition) is 3. The number of aliphatic hydroxyl groups is 1. The number of carbonyl (C=O) groups is 3. The van der Waals surface area contributed by atoms with Crippen molar-refractivity contribution in [2.75, 3.05) is 26.6 Å². The monoisotopic (exact) mass is 427 g/mol. The van der Waals surface area contributed by atoms with Crippen molar-refractivity contribution in [2.45, 2.75) is 37.7 Å². The quantitative estimate of drug-likeness (QED) is 0.602. The molecule has 0 saturated heterocycles. The Morgan fingerprint density at radius 1 is 1.38 bits per heavy atom. The summed E-state index contributed by atoms with van der Waals surface area (Å²) in [5.41, 5.74) is 0.946. The van der Waals surface area contributed by atoms with Crippen LogP contribution in [0, 0.1) is 6.92 Å². The lowest BCUT2D eigenvalue weighted by Crippen LogP contribution is -2.43. The predicted molar refractivity (Wildman–Crippen MR) is 105 cm³/mol. The Morgan fingerprint density at radius 3 is 2.72 bits per heavy atom. The maximum Gasteiger partial charge on any atom is 0.339 e. The first-order valence-corrected chi connectivity index (χ1v) is 10.1. The third-order valence-corrected chi connectivity index (χ3v) is 5.63. The van der Waals surface area contributed by atoms with Crippen molar-refractivity contribution in [3.8, 4) is 11.5 Å². The van der Waals surface area contributed by atoms with Crippen molar-refractivity contribution in [3.05, 3.63) is 22.8 Å². The largest absolute Gasteiger partial charge is 0.507 e. The standard InChI is InChI=1S/C19H25NO8S/c1-10-15(26-2)6-14(22)12-8-29-9-13(18(24)27-3)20-16(23)5-4-11(7-21)28-19(25)17(10)12/h6,11,13,21-22H,4-5,7-9H2,1-3H3,(H,20,23)/t11-,13-/m0/s1. The molecule has 0 aromatic heterocycles. The topological polar surface area (TPSA) is 131 Å². The van der Waals surface area contributed by atoms with Crippen LogP contribution in [0.2, 0.25) is 0 Å². The van der Waals surface area contributed by atoms with Gasteiger partial charge in [0, 0.05) is 35.1 Å². The molecule has 1 aliphatic rings. The second kappa shape index (κ2) is 10.4. The number of aliphatic hydroxyl groups excluding tert-OH is 1. The van der Waals surface area contributed by atoms with Crippen LogP contribution in [0.25, 0.3) is 0 Å². The third-order valence-electron chi connectivity index (χ3n) is 4.57. The van der Waals surface area contributed by atoms with Gasteiger partial charge >= 0.3 is 11.9 Å². The van der Waals surface area contributed by atoms with Crippen LogP contribution in [0.4, 0.5) is 0 Å². The van der Waals surface area contributed by atoms with Gasteiger partial charge in [0.05, 0.1) is 26.4 Å². The van der Waals surface area contributed by atoms with Gasteiger partial charge in [0.2, 0.25) is 5.91 Å². The molecule has 1 aromatic carbocycles. The number of ether oxygens (including phenoxy) is 3. The molecule has 0 spiro atoms. The second-order valence-electron chi connectivity index (χ2n) is 6.48. The number of aromatic hydroxyl groups is 1. The molecule has 2 rings (SSSR count). The number of benzene rings is 1. The number of phenolic OH excluding ortho intramolecular Hbond substituents is 1. The molecule has 0 radical (unpaired) electrons. The van der Waals surface area contributed by atoms with E-state index in [1.54, 1.807) is 6.92 Å². The first-order chi connectivity index (χ1) is 13.8. The number of hydrogen-bond acceptors (Lipinski definition) is 9. The Labute approximate surface area is 172 Å². The van der Waals surface area contributed by atoms with Gasteiger partial charge in [-0.15, -0.1) is 0 Å². The van der Waals surface area contributed by atoms with Gasteiger partial charge in [-0.2, -0.15) is 11.8 Å². The molecular formula is C19H25NO8S. The van der Waals surface area contributed by atoms with E-state index in [0.29, 0.717) is 16.9 Å². The molecule has 10 heteroatoms. The molecule has 2 atom stereocenters. The Balaban J connectivity index is 2.46. The summed E-state index contributed by atoms with van der Waals surface area (Å²) < 4.78 is 15.3. The fourth-order valence-corrected chi connectivity index (χ4v) is 4.05. The number of nitrogens with one attached hydrogen (secondary N) is 1. The van der Waals surface area contributed by atoms with Crippen molar-refractivity contribution in [2.24, 2.45) is 0 Å². The summed E-state index contributed by atoms with van der Waals surface area (Å²) in [6, 6.07) is 0.524. The maximum atomic E-state index is 12.8. The smallest absolute Gasteiger partial charge is 0.339 e. The number of fused-ring (bicyclic) bond motifs is 1. The highest BCUT2D eigenvalue weighted by molar-refractivity contribution is 7.98. The van der Waals surface area contributed by atoms with Gasteiger partial charge in [0.15, 0.2) is 0 Å². The molecule has 0 fully saturated rings. The number of methoxy groups -OCH3 is 2. The van der Waals surface area contributed by atoms with Gasteiger partial charge in [-0.3, -0.25) is 4.79 Å². The lowest BCUT2D eigenvalue weighted by Gasteiger charge is -2.19. The molecule has 0 unspecified atom stereocenters. The number of thioether (sulfide) groups is 1. The summed E-state index contributed by atoms with van der Waals surface area (Å²) in [5.74, 6) is -1.22. The zero-order valence-corrected chi connectivity index (χ0v) is 17.3. The predicted octanol–water partition coefficient (Wildman–Crippen LogP) is 0.912. The second-order valence-corrected chi connectivity index (χ2v) is 7.51. The van der Waals surface area contributed by atoms with Crippen LogP contribution in [-0.4, -0.2) is 66.8 Å². The molecule has 1 heterocycles. The first-order valence-electron chi connectivity index (χ1n) is 8.98. The van der Waals surface area contributed by atoms with E-state index < -0.39 is 36.6 Å². The molecule has 0 aliphatic carbocycles. The van der Waals surface area contributed by atoms with Gasteiger partial charge in [-0.05, 0) is 13.3 Å². The third kappa shape index (κ3) is 5.54. The molecule has 0 saturated carbocycles. The number of cyclic esters (lactones) is 1. The molecule has 1 amide bonds. The van der Waals surface area contributed by atoms with Gasteiger partial charge in [0.25, 0.3) is 0 Å². The SMILES string of the molecule is COC(=O)[C@@H]1CSCc2c(O)cc(OC)c(C)c2C(=O)O[C@H](CO)CCC(=O)N1. The van der Waals surface area contributed by atoms with Gasteiger partial charge in [0.1, 0.15) is 23.6 Å². The first kappa shape index (κ1) is 22.8. The van der Waals surface area contributed by atoms with Gasteiger partial charge < -0.3 is 29.7 Å². The van der Waals surface area contributed by atoms with Crippen LogP contribution in [0.3, 0.4) is 0 Å². The lowest BCUT2D eigenvalue weighted by atomic mass is 10.0. The van der Waals surface area contributed by atoms with Crippen LogP contribution in [0.15, 0.2) is 6.07 Å². The molecule has 9 nitrogen and oxygen atoms in total. The fraction of sp³-hybridized carbons (Fsp3) is 0.526. The van der Waals surface area contributed by atoms with Crippen LogP contribution in [0.1, 0.15) is 34.3 Å². The lowest BCUT2D eigenvalue weighted by molar-refractivity contribution is -0.144. The summed E-state index contributed by atoms with van der Waals surface area (Å²) in [5, 5.41) is 22.6. The van der Waals surface area contributed by atoms with Crippen LogP contribution < -0.4 is 10.1 Å². The molecule has 1 aromatic rings. The molecule has 1 aliphatic heterocycles. The zero-order chi connectivity index (χ0) is 21.6. The summed E-state index contributed by atoms with van der Waals surface area (Å²) in [7, 11) is 2.65. The van der Waals surface area contributed by atoms with Crippen molar-refractivity contribution in [1.29, 1.82) is 0 Å². The van der Waals surface area contributed by atoms with Crippen molar-refractivity contribution >= 4 is 29.6 Å². The van der Waals surface area contributed by atoms with E-state index in [1.807, 2.05) is 0 Å². The number of carbonyl (C=O) groups excluding carboxylic acids is 3. The van der Waals surface area contributed by atoms with Crippen LogP contribution in [-0.2, 0) is 24.8 Å². The van der Waals surface area contributed by atoms with E-state index in [4.69, 9.17) is 14.2 Å². The Bertz CT molecular complexity index is 782. The normalized spacial score (nSPS) is 20.8. The maximum absolute atomic E-state index is 12.8. The Morgan fingerprint density at radius 2 is 2.10 bits per heavy atom. The molecule has 160 valence electrons. The minimum absolute atomic E-state index is 0.0497. The fourth-order valence-electron chi connectivity index (χ4n) is 2.98. The summed E-state index contributed by atoms with van der Waals surface area (Å²) in [4.78, 5) is 37.0. The summed E-state index contributed by atoms with van der Waals surface area (Å²) in [6.45, 7) is 1.19. The van der Waals surface area contributed by atoms with Gasteiger partial charge in [-0.25, -0.2) is 9.59 Å². The van der Waals surface area contributed by atoms with Crippen molar-refractivity contribution < 1.29 is 38.8 Å². The molecule has 3 N–H and O–H groups in total. The number of amides is 1. The zero-order valence-electron chi connectivity index (χ0n) is 16.5. The number of rotatable bonds is 3. The van der Waals surface area contributed by atoms with E-state index in [-0.39, 0.29) is 35.7 Å². The Hall–Kier alpha value is -2.46. The summed E-state index contributed by atoms with van der Waals surface area (Å²) >= 11 is 1.24. The Kier molecular flexibility index (Phi) is 8.15. The minimum atomic E-state index is -0.918.